The monoisotopic (exact) mass is 257 g/mol. The molecule has 0 spiro atoms. The molecule has 18 heavy (non-hydrogen) atoms. The van der Waals surface area contributed by atoms with Gasteiger partial charge < -0.3 is 10.7 Å². The van der Waals surface area contributed by atoms with Gasteiger partial charge in [0, 0.05) is 16.3 Å². The SMILES string of the molecule is Cc1c(Cl)ccc2[nH]c(-c3cccc(N)c3)nc12. The molecule has 0 fully saturated rings. The first-order chi connectivity index (χ1) is 8.65. The third-order valence-corrected chi connectivity index (χ3v) is 3.41. The number of nitrogens with two attached hydrogens (primary N) is 1. The van der Waals surface area contributed by atoms with Crippen molar-refractivity contribution >= 4 is 28.3 Å². The highest BCUT2D eigenvalue weighted by atomic mass is 35.5. The number of halogens is 1. The molecular formula is C14H12ClN3. The maximum atomic E-state index is 6.09. The third-order valence-electron chi connectivity index (χ3n) is 3.00. The van der Waals surface area contributed by atoms with Crippen LogP contribution in [0.3, 0.4) is 0 Å². The predicted molar refractivity (Wildman–Crippen MR) is 75.7 cm³/mol. The molecule has 0 bridgehead atoms. The summed E-state index contributed by atoms with van der Waals surface area (Å²) < 4.78 is 0. The normalized spacial score (nSPS) is 11.0. The summed E-state index contributed by atoms with van der Waals surface area (Å²) >= 11 is 6.09. The van der Waals surface area contributed by atoms with E-state index in [0.717, 1.165) is 38.7 Å². The van der Waals surface area contributed by atoms with E-state index in [0.29, 0.717) is 0 Å². The van der Waals surface area contributed by atoms with E-state index in [1.165, 1.54) is 0 Å². The number of hydrogen-bond acceptors (Lipinski definition) is 2. The van der Waals surface area contributed by atoms with Gasteiger partial charge in [0.25, 0.3) is 0 Å². The Balaban J connectivity index is 2.23. The average molecular weight is 258 g/mol. The number of benzene rings is 2. The number of nitrogens with one attached hydrogen (secondary N) is 1. The van der Waals surface area contributed by atoms with Crippen LogP contribution in [0.1, 0.15) is 5.56 Å². The van der Waals surface area contributed by atoms with E-state index < -0.39 is 0 Å². The molecule has 3 nitrogen and oxygen atoms in total. The number of nitrogen functional groups attached to an aromatic ring is 1. The van der Waals surface area contributed by atoms with Crippen LogP contribution in [-0.2, 0) is 0 Å². The third kappa shape index (κ3) is 1.73. The number of imidazole rings is 1. The Bertz CT molecular complexity index is 731. The van der Waals surface area contributed by atoms with Crippen LogP contribution in [0.4, 0.5) is 5.69 Å². The highest BCUT2D eigenvalue weighted by Crippen LogP contribution is 2.27. The van der Waals surface area contributed by atoms with Crippen molar-refractivity contribution in [2.45, 2.75) is 6.92 Å². The zero-order chi connectivity index (χ0) is 12.7. The second kappa shape index (κ2) is 4.03. The topological polar surface area (TPSA) is 54.7 Å². The number of hydrogen-bond donors (Lipinski definition) is 2. The Kier molecular flexibility index (Phi) is 2.49. The Morgan fingerprint density at radius 2 is 2.06 bits per heavy atom. The molecule has 0 aliphatic heterocycles. The summed E-state index contributed by atoms with van der Waals surface area (Å²) in [5.41, 5.74) is 10.4. The number of anilines is 1. The Morgan fingerprint density at radius 3 is 2.83 bits per heavy atom. The van der Waals surface area contributed by atoms with Crippen LogP contribution in [0.5, 0.6) is 0 Å². The largest absolute Gasteiger partial charge is 0.399 e. The molecule has 4 heteroatoms. The van der Waals surface area contributed by atoms with Gasteiger partial charge >= 0.3 is 0 Å². The predicted octanol–water partition coefficient (Wildman–Crippen LogP) is 3.77. The minimum atomic E-state index is 0.725. The van der Waals surface area contributed by atoms with Crippen LogP contribution in [0, 0.1) is 6.92 Å². The molecule has 1 heterocycles. The van der Waals surface area contributed by atoms with Gasteiger partial charge in [-0.15, -0.1) is 0 Å². The van der Waals surface area contributed by atoms with Crippen molar-refractivity contribution < 1.29 is 0 Å². The molecule has 90 valence electrons. The summed E-state index contributed by atoms with van der Waals surface area (Å²) in [6.07, 6.45) is 0. The zero-order valence-electron chi connectivity index (χ0n) is 9.87. The van der Waals surface area contributed by atoms with Gasteiger partial charge in [-0.05, 0) is 36.8 Å². The maximum absolute atomic E-state index is 6.09. The van der Waals surface area contributed by atoms with Crippen molar-refractivity contribution in [2.75, 3.05) is 5.73 Å². The number of fused-ring (bicyclic) bond motifs is 1. The molecule has 3 aromatic rings. The molecule has 2 aromatic carbocycles. The van der Waals surface area contributed by atoms with Crippen molar-refractivity contribution in [2.24, 2.45) is 0 Å². The van der Waals surface area contributed by atoms with E-state index in [1.54, 1.807) is 0 Å². The Morgan fingerprint density at radius 1 is 1.22 bits per heavy atom. The molecule has 0 aliphatic carbocycles. The fourth-order valence-corrected chi connectivity index (χ4v) is 2.16. The van der Waals surface area contributed by atoms with Gasteiger partial charge in [0.1, 0.15) is 5.82 Å². The Hall–Kier alpha value is -2.00. The number of nitrogens with zero attached hydrogens (tertiary/aromatic N) is 1. The van der Waals surface area contributed by atoms with Gasteiger partial charge in [0.05, 0.1) is 11.0 Å². The highest BCUT2D eigenvalue weighted by Gasteiger charge is 2.09. The number of aryl methyl sites for hydroxylation is 1. The fraction of sp³-hybridized carbons (Fsp3) is 0.0714. The molecule has 0 aliphatic rings. The second-order valence-electron chi connectivity index (χ2n) is 4.28. The Labute approximate surface area is 110 Å². The van der Waals surface area contributed by atoms with Crippen LogP contribution in [0.2, 0.25) is 5.02 Å². The smallest absolute Gasteiger partial charge is 0.138 e. The molecular weight excluding hydrogens is 246 g/mol. The van der Waals surface area contributed by atoms with E-state index in [-0.39, 0.29) is 0 Å². The van der Waals surface area contributed by atoms with Gasteiger partial charge in [0.15, 0.2) is 0 Å². The first kappa shape index (κ1) is 11.1. The standard InChI is InChI=1S/C14H12ClN3/c1-8-11(15)5-6-12-13(8)18-14(17-12)9-3-2-4-10(16)7-9/h2-7H,16H2,1H3,(H,17,18). The fourth-order valence-electron chi connectivity index (χ4n) is 2.01. The maximum Gasteiger partial charge on any atom is 0.138 e. The lowest BCUT2D eigenvalue weighted by Gasteiger charge is -1.97. The lowest BCUT2D eigenvalue weighted by atomic mass is 10.2. The van der Waals surface area contributed by atoms with Gasteiger partial charge in [-0.2, -0.15) is 0 Å². The number of aromatic nitrogens is 2. The summed E-state index contributed by atoms with van der Waals surface area (Å²) in [4.78, 5) is 7.87. The van der Waals surface area contributed by atoms with E-state index >= 15 is 0 Å². The van der Waals surface area contributed by atoms with Crippen molar-refractivity contribution in [3.8, 4) is 11.4 Å². The zero-order valence-corrected chi connectivity index (χ0v) is 10.6. The van der Waals surface area contributed by atoms with Crippen molar-refractivity contribution in [3.63, 3.8) is 0 Å². The van der Waals surface area contributed by atoms with E-state index in [2.05, 4.69) is 9.97 Å². The van der Waals surface area contributed by atoms with Gasteiger partial charge in [0.2, 0.25) is 0 Å². The van der Waals surface area contributed by atoms with Crippen molar-refractivity contribution in [1.29, 1.82) is 0 Å². The van der Waals surface area contributed by atoms with Crippen molar-refractivity contribution in [3.05, 3.63) is 47.0 Å². The van der Waals surface area contributed by atoms with Crippen LogP contribution < -0.4 is 5.73 Å². The lowest BCUT2D eigenvalue weighted by molar-refractivity contribution is 1.33. The van der Waals surface area contributed by atoms with Crippen LogP contribution in [0.25, 0.3) is 22.4 Å². The lowest BCUT2D eigenvalue weighted by Crippen LogP contribution is -1.86. The van der Waals surface area contributed by atoms with Gasteiger partial charge in [-0.3, -0.25) is 0 Å². The molecule has 0 atom stereocenters. The highest BCUT2D eigenvalue weighted by molar-refractivity contribution is 6.32. The quantitative estimate of drug-likeness (QED) is 0.652. The van der Waals surface area contributed by atoms with Crippen LogP contribution in [-0.4, -0.2) is 9.97 Å². The summed E-state index contributed by atoms with van der Waals surface area (Å²) in [7, 11) is 0. The van der Waals surface area contributed by atoms with Gasteiger partial charge in [-0.1, -0.05) is 23.7 Å². The summed E-state index contributed by atoms with van der Waals surface area (Å²) in [5, 5.41) is 0.730. The van der Waals surface area contributed by atoms with E-state index in [9.17, 15) is 0 Å². The minimum absolute atomic E-state index is 0.725. The molecule has 0 radical (unpaired) electrons. The molecule has 1 aromatic heterocycles. The summed E-state index contributed by atoms with van der Waals surface area (Å²) in [5.74, 6) is 0.808. The first-order valence-corrected chi connectivity index (χ1v) is 6.03. The molecule has 0 saturated carbocycles. The molecule has 0 amide bonds. The van der Waals surface area contributed by atoms with E-state index in [1.807, 2.05) is 43.3 Å². The number of rotatable bonds is 1. The molecule has 3 rings (SSSR count). The first-order valence-electron chi connectivity index (χ1n) is 5.66. The molecule has 3 N–H and O–H groups in total. The van der Waals surface area contributed by atoms with Crippen LogP contribution in [0.15, 0.2) is 36.4 Å². The average Bonchev–Trinajstić information content (AvgIpc) is 2.79. The van der Waals surface area contributed by atoms with Gasteiger partial charge in [-0.25, -0.2) is 4.98 Å². The van der Waals surface area contributed by atoms with E-state index in [4.69, 9.17) is 17.3 Å². The molecule has 0 unspecified atom stereocenters. The second-order valence-corrected chi connectivity index (χ2v) is 4.69. The summed E-state index contributed by atoms with van der Waals surface area (Å²) in [6, 6.07) is 11.5. The summed E-state index contributed by atoms with van der Waals surface area (Å²) in [6.45, 7) is 1.97. The number of aromatic amines is 1. The van der Waals surface area contributed by atoms with Crippen molar-refractivity contribution in [1.82, 2.24) is 9.97 Å². The minimum Gasteiger partial charge on any atom is -0.399 e. The van der Waals surface area contributed by atoms with Crippen LogP contribution >= 0.6 is 11.6 Å². The number of H-pyrrole nitrogens is 1. The molecule has 0 saturated heterocycles.